The Morgan fingerprint density at radius 2 is 1.97 bits per heavy atom. The van der Waals surface area contributed by atoms with Gasteiger partial charge in [0.25, 0.3) is 5.91 Å². The van der Waals surface area contributed by atoms with Crippen molar-refractivity contribution in [2.75, 3.05) is 31.2 Å². The van der Waals surface area contributed by atoms with Gasteiger partial charge in [0, 0.05) is 37.1 Å². The van der Waals surface area contributed by atoms with E-state index in [9.17, 15) is 9.59 Å². The van der Waals surface area contributed by atoms with Gasteiger partial charge in [-0.1, -0.05) is 6.07 Å². The lowest BCUT2D eigenvalue weighted by Gasteiger charge is -2.27. The maximum atomic E-state index is 13.1. The van der Waals surface area contributed by atoms with Crippen LogP contribution >= 0.6 is 0 Å². The number of aromatic nitrogens is 5. The highest BCUT2D eigenvalue weighted by atomic mass is 16.5. The summed E-state index contributed by atoms with van der Waals surface area (Å²) in [4.78, 5) is 41.8. The SMILES string of the molecule is O=C(NC1CC1)c1nc2c(N3CCOCC3)nccn2c1-c1ccc2[nH]c(=O)[nH]c2c1. The van der Waals surface area contributed by atoms with Gasteiger partial charge >= 0.3 is 5.69 Å². The number of ether oxygens (including phenoxy) is 1. The van der Waals surface area contributed by atoms with Gasteiger partial charge in [0.1, 0.15) is 0 Å². The molecule has 3 aromatic heterocycles. The molecular weight excluding hydrogens is 398 g/mol. The minimum Gasteiger partial charge on any atom is -0.378 e. The zero-order chi connectivity index (χ0) is 20.9. The number of amides is 1. The fourth-order valence-corrected chi connectivity index (χ4v) is 4.06. The van der Waals surface area contributed by atoms with E-state index < -0.39 is 0 Å². The van der Waals surface area contributed by atoms with Crippen LogP contribution in [0, 0.1) is 0 Å². The molecule has 0 atom stereocenters. The van der Waals surface area contributed by atoms with E-state index in [1.54, 1.807) is 6.20 Å². The first-order valence-corrected chi connectivity index (χ1v) is 10.4. The summed E-state index contributed by atoms with van der Waals surface area (Å²) in [5, 5.41) is 3.05. The molecule has 1 saturated heterocycles. The third kappa shape index (κ3) is 3.15. The molecule has 1 amide bonds. The number of H-pyrrole nitrogens is 2. The van der Waals surface area contributed by atoms with Crippen LogP contribution in [0.2, 0.25) is 0 Å². The highest BCUT2D eigenvalue weighted by molar-refractivity contribution is 6.01. The molecule has 2 aliphatic rings. The second kappa shape index (κ2) is 6.95. The molecule has 10 heteroatoms. The summed E-state index contributed by atoms with van der Waals surface area (Å²) in [5.74, 6) is 0.533. The van der Waals surface area contributed by atoms with Gasteiger partial charge in [-0.15, -0.1) is 0 Å². The normalized spacial score (nSPS) is 16.8. The monoisotopic (exact) mass is 419 g/mol. The van der Waals surface area contributed by atoms with Crippen LogP contribution in [-0.2, 0) is 4.74 Å². The molecule has 1 saturated carbocycles. The average Bonchev–Trinajstić information content (AvgIpc) is 3.38. The van der Waals surface area contributed by atoms with Gasteiger partial charge in [-0.3, -0.25) is 9.20 Å². The fraction of sp³-hybridized carbons (Fsp3) is 0.333. The molecule has 2 fully saturated rings. The van der Waals surface area contributed by atoms with E-state index in [0.717, 1.165) is 37.3 Å². The third-order valence-electron chi connectivity index (χ3n) is 5.75. The predicted molar refractivity (Wildman–Crippen MR) is 114 cm³/mol. The lowest BCUT2D eigenvalue weighted by molar-refractivity contribution is 0.0947. The van der Waals surface area contributed by atoms with Gasteiger partial charge in [-0.2, -0.15) is 0 Å². The number of morpholine rings is 1. The Labute approximate surface area is 176 Å². The van der Waals surface area contributed by atoms with Crippen molar-refractivity contribution in [3.8, 4) is 11.3 Å². The summed E-state index contributed by atoms with van der Waals surface area (Å²) in [6.07, 6.45) is 5.53. The Morgan fingerprint density at radius 1 is 1.16 bits per heavy atom. The summed E-state index contributed by atoms with van der Waals surface area (Å²) < 4.78 is 7.38. The molecule has 4 heterocycles. The number of imidazole rings is 2. The van der Waals surface area contributed by atoms with E-state index in [2.05, 4.69) is 25.2 Å². The maximum Gasteiger partial charge on any atom is 0.323 e. The van der Waals surface area contributed by atoms with Crippen LogP contribution in [0.15, 0.2) is 35.4 Å². The number of hydrogen-bond acceptors (Lipinski definition) is 6. The van der Waals surface area contributed by atoms with Crippen LogP contribution in [0.3, 0.4) is 0 Å². The number of carbonyl (C=O) groups excluding carboxylic acids is 1. The number of aromatic amines is 2. The van der Waals surface area contributed by atoms with E-state index in [-0.39, 0.29) is 17.6 Å². The molecule has 4 aromatic rings. The average molecular weight is 419 g/mol. The van der Waals surface area contributed by atoms with Crippen molar-refractivity contribution in [2.45, 2.75) is 18.9 Å². The van der Waals surface area contributed by atoms with Crippen LogP contribution in [-0.4, -0.2) is 62.6 Å². The topological polar surface area (TPSA) is 120 Å². The maximum absolute atomic E-state index is 13.1. The largest absolute Gasteiger partial charge is 0.378 e. The molecule has 3 N–H and O–H groups in total. The lowest BCUT2D eigenvalue weighted by Crippen LogP contribution is -2.37. The fourth-order valence-electron chi connectivity index (χ4n) is 4.06. The summed E-state index contributed by atoms with van der Waals surface area (Å²) in [5.41, 5.74) is 3.56. The minimum absolute atomic E-state index is 0.197. The smallest absolute Gasteiger partial charge is 0.323 e. The molecule has 31 heavy (non-hydrogen) atoms. The van der Waals surface area contributed by atoms with E-state index in [1.807, 2.05) is 28.8 Å². The first kappa shape index (κ1) is 18.1. The Hall–Kier alpha value is -3.66. The molecule has 0 unspecified atom stereocenters. The van der Waals surface area contributed by atoms with Gasteiger partial charge < -0.3 is 24.9 Å². The van der Waals surface area contributed by atoms with Crippen LogP contribution in [0.1, 0.15) is 23.3 Å². The zero-order valence-electron chi connectivity index (χ0n) is 16.7. The van der Waals surface area contributed by atoms with Crippen molar-refractivity contribution in [1.82, 2.24) is 29.7 Å². The van der Waals surface area contributed by atoms with Gasteiger partial charge in [-0.25, -0.2) is 14.8 Å². The van der Waals surface area contributed by atoms with Crippen LogP contribution < -0.4 is 15.9 Å². The second-order valence-electron chi connectivity index (χ2n) is 7.94. The number of nitrogens with one attached hydrogen (secondary N) is 3. The molecule has 0 bridgehead atoms. The molecular formula is C21H21N7O3. The standard InChI is InChI=1S/C21H21N7O3/c29-20(23-13-2-3-13)16-17(12-1-4-14-15(11-12)25-21(30)24-14)28-6-5-22-18(19(28)26-16)27-7-9-31-10-8-27/h1,4-6,11,13H,2-3,7-10H2,(H,23,29)(H2,24,25,30). The Kier molecular flexibility index (Phi) is 4.06. The predicted octanol–water partition coefficient (Wildman–Crippen LogP) is 1.29. The first-order chi connectivity index (χ1) is 15.2. The molecule has 158 valence electrons. The molecule has 10 nitrogen and oxygen atoms in total. The molecule has 0 radical (unpaired) electrons. The van der Waals surface area contributed by atoms with Crippen molar-refractivity contribution >= 4 is 28.4 Å². The summed E-state index contributed by atoms with van der Waals surface area (Å²) in [6.45, 7) is 2.69. The van der Waals surface area contributed by atoms with E-state index in [4.69, 9.17) is 9.72 Å². The Morgan fingerprint density at radius 3 is 2.77 bits per heavy atom. The highest BCUT2D eigenvalue weighted by Gasteiger charge is 2.29. The number of nitrogens with zero attached hydrogens (tertiary/aromatic N) is 4. The summed E-state index contributed by atoms with van der Waals surface area (Å²) >= 11 is 0. The second-order valence-corrected chi connectivity index (χ2v) is 7.94. The molecule has 0 spiro atoms. The zero-order valence-corrected chi connectivity index (χ0v) is 16.7. The van der Waals surface area contributed by atoms with Gasteiger partial charge in [0.05, 0.1) is 29.9 Å². The van der Waals surface area contributed by atoms with Crippen molar-refractivity contribution in [3.05, 3.63) is 46.8 Å². The summed E-state index contributed by atoms with van der Waals surface area (Å²) in [7, 11) is 0. The molecule has 1 aliphatic carbocycles. The molecule has 6 rings (SSSR count). The number of benzene rings is 1. The van der Waals surface area contributed by atoms with Crippen LogP contribution in [0.5, 0.6) is 0 Å². The summed E-state index contributed by atoms with van der Waals surface area (Å²) in [6, 6.07) is 5.79. The number of fused-ring (bicyclic) bond motifs is 2. The molecule has 1 aromatic carbocycles. The number of rotatable bonds is 4. The van der Waals surface area contributed by atoms with Gasteiger partial charge in [0.15, 0.2) is 17.2 Å². The van der Waals surface area contributed by atoms with Crippen molar-refractivity contribution in [3.63, 3.8) is 0 Å². The van der Waals surface area contributed by atoms with Crippen LogP contribution in [0.25, 0.3) is 27.9 Å². The van der Waals surface area contributed by atoms with E-state index in [0.29, 0.717) is 41.3 Å². The molecule has 1 aliphatic heterocycles. The van der Waals surface area contributed by atoms with Crippen LogP contribution in [0.4, 0.5) is 5.82 Å². The first-order valence-electron chi connectivity index (χ1n) is 10.4. The van der Waals surface area contributed by atoms with Gasteiger partial charge in [0.2, 0.25) is 0 Å². The van der Waals surface area contributed by atoms with E-state index >= 15 is 0 Å². The Balaban J connectivity index is 1.56. The van der Waals surface area contributed by atoms with Crippen molar-refractivity contribution < 1.29 is 9.53 Å². The Bertz CT molecular complexity index is 1360. The highest BCUT2D eigenvalue weighted by Crippen LogP contribution is 2.31. The van der Waals surface area contributed by atoms with E-state index in [1.165, 1.54) is 0 Å². The quantitative estimate of drug-likeness (QED) is 0.459. The lowest BCUT2D eigenvalue weighted by atomic mass is 10.1. The van der Waals surface area contributed by atoms with Crippen molar-refractivity contribution in [2.24, 2.45) is 0 Å². The van der Waals surface area contributed by atoms with Gasteiger partial charge in [-0.05, 0) is 25.0 Å². The minimum atomic E-state index is -0.268. The van der Waals surface area contributed by atoms with Crippen molar-refractivity contribution in [1.29, 1.82) is 0 Å². The number of anilines is 1. The number of hydrogen-bond donors (Lipinski definition) is 3. The number of carbonyl (C=O) groups is 1. The third-order valence-corrected chi connectivity index (χ3v) is 5.75.